The van der Waals surface area contributed by atoms with Crippen LogP contribution in [-0.4, -0.2) is 49.8 Å². The zero-order chi connectivity index (χ0) is 23.4. The number of carbonyl (C=O) groups is 3. The molecule has 170 valence electrons. The Balaban J connectivity index is 0.000000703. The van der Waals surface area contributed by atoms with Crippen molar-refractivity contribution in [1.29, 1.82) is 0 Å². The van der Waals surface area contributed by atoms with Crippen molar-refractivity contribution in [2.24, 2.45) is 12.8 Å². The second kappa shape index (κ2) is 12.7. The molecule has 1 atom stereocenters. The predicted molar refractivity (Wildman–Crippen MR) is 117 cm³/mol. The fourth-order valence-electron chi connectivity index (χ4n) is 2.91. The number of ketones is 1. The van der Waals surface area contributed by atoms with E-state index in [1.807, 2.05) is 36.9 Å². The summed E-state index contributed by atoms with van der Waals surface area (Å²) in [5.41, 5.74) is 8.59. The summed E-state index contributed by atoms with van der Waals surface area (Å²) < 4.78 is 1.99. The Kier molecular flexibility index (Phi) is 10.6. The highest BCUT2D eigenvalue weighted by molar-refractivity contribution is 6.27. The van der Waals surface area contributed by atoms with Gasteiger partial charge in [0.05, 0.1) is 6.61 Å². The molecule has 0 unspecified atom stereocenters. The van der Waals surface area contributed by atoms with Gasteiger partial charge in [0.15, 0.2) is 5.78 Å². The first-order valence-corrected chi connectivity index (χ1v) is 10.1. The second-order valence-corrected chi connectivity index (χ2v) is 7.87. The van der Waals surface area contributed by atoms with Crippen molar-refractivity contribution in [3.05, 3.63) is 59.4 Å². The third-order valence-electron chi connectivity index (χ3n) is 4.89. The van der Waals surface area contributed by atoms with Crippen LogP contribution in [0.5, 0.6) is 0 Å². The predicted octanol–water partition coefficient (Wildman–Crippen LogP) is 2.42. The van der Waals surface area contributed by atoms with E-state index >= 15 is 0 Å². The van der Waals surface area contributed by atoms with E-state index in [1.165, 1.54) is 5.56 Å². The third kappa shape index (κ3) is 10.1. The number of nitrogens with zero attached hydrogens (tertiary/aromatic N) is 1. The van der Waals surface area contributed by atoms with Crippen LogP contribution in [-0.2, 0) is 29.5 Å². The highest BCUT2D eigenvalue weighted by Crippen LogP contribution is 2.16. The molecule has 1 aromatic carbocycles. The number of aliphatic carboxylic acids is 2. The van der Waals surface area contributed by atoms with E-state index in [9.17, 15) is 9.90 Å². The standard InChI is InChI=1S/C21H30N2O2.C2H2O4/c1-21(22,16-24)13-12-19-14-18(15-23(19)2)20(25)11-7-6-10-17-8-4-3-5-9-17;3-1(4)2(5)6/h3-5,8-9,14-15,24H,6-7,10-13,16,22H2,1-2H3;(H,3,4)(H,5,6)/t21-;/m1./s1. The van der Waals surface area contributed by atoms with Gasteiger partial charge in [-0.05, 0) is 50.7 Å². The van der Waals surface area contributed by atoms with Crippen molar-refractivity contribution >= 4 is 17.7 Å². The number of aromatic nitrogens is 1. The van der Waals surface area contributed by atoms with E-state index < -0.39 is 17.5 Å². The number of hydrogen-bond donors (Lipinski definition) is 4. The molecule has 0 aliphatic heterocycles. The number of aliphatic hydroxyl groups excluding tert-OH is 1. The van der Waals surface area contributed by atoms with Gasteiger partial charge in [-0.25, -0.2) is 9.59 Å². The molecule has 0 saturated heterocycles. The van der Waals surface area contributed by atoms with E-state index in [4.69, 9.17) is 25.5 Å². The average molecular weight is 433 g/mol. The Bertz CT molecular complexity index is 846. The van der Waals surface area contributed by atoms with Crippen molar-refractivity contribution in [2.75, 3.05) is 6.61 Å². The number of carbonyl (C=O) groups excluding carboxylic acids is 1. The summed E-state index contributed by atoms with van der Waals surface area (Å²) in [5, 5.41) is 24.0. The van der Waals surface area contributed by atoms with Gasteiger partial charge >= 0.3 is 11.9 Å². The lowest BCUT2D eigenvalue weighted by molar-refractivity contribution is -0.159. The van der Waals surface area contributed by atoms with Crippen molar-refractivity contribution in [2.45, 2.75) is 51.0 Å². The number of carboxylic acids is 2. The number of benzene rings is 1. The summed E-state index contributed by atoms with van der Waals surface area (Å²) >= 11 is 0. The molecule has 0 aliphatic carbocycles. The van der Waals surface area contributed by atoms with E-state index in [1.54, 1.807) is 0 Å². The van der Waals surface area contributed by atoms with Crippen LogP contribution in [0.1, 0.15) is 54.2 Å². The van der Waals surface area contributed by atoms with Crippen molar-refractivity contribution in [3.8, 4) is 0 Å². The van der Waals surface area contributed by atoms with Crippen LogP contribution >= 0.6 is 0 Å². The summed E-state index contributed by atoms with van der Waals surface area (Å²) in [7, 11) is 1.95. The minimum Gasteiger partial charge on any atom is -0.473 e. The van der Waals surface area contributed by atoms with Gasteiger partial charge in [-0.2, -0.15) is 0 Å². The van der Waals surface area contributed by atoms with Crippen molar-refractivity contribution in [1.82, 2.24) is 4.57 Å². The van der Waals surface area contributed by atoms with Gasteiger partial charge in [-0.3, -0.25) is 4.79 Å². The Morgan fingerprint density at radius 3 is 2.19 bits per heavy atom. The molecule has 0 spiro atoms. The van der Waals surface area contributed by atoms with Crippen LogP contribution in [0.25, 0.3) is 0 Å². The number of hydrogen-bond acceptors (Lipinski definition) is 5. The molecule has 0 bridgehead atoms. The molecule has 2 aromatic rings. The quantitative estimate of drug-likeness (QED) is 0.256. The molecule has 1 heterocycles. The zero-order valence-electron chi connectivity index (χ0n) is 18.1. The fraction of sp³-hybridized carbons (Fsp3) is 0.435. The average Bonchev–Trinajstić information content (AvgIpc) is 3.11. The van der Waals surface area contributed by atoms with Gasteiger partial charge in [0.2, 0.25) is 0 Å². The van der Waals surface area contributed by atoms with Gasteiger partial charge in [-0.15, -0.1) is 0 Å². The first-order valence-electron chi connectivity index (χ1n) is 10.1. The molecule has 0 aliphatic rings. The van der Waals surface area contributed by atoms with Crippen LogP contribution in [0, 0.1) is 0 Å². The minimum atomic E-state index is -1.82. The number of nitrogens with two attached hydrogens (primary N) is 1. The van der Waals surface area contributed by atoms with Crippen LogP contribution in [0.4, 0.5) is 0 Å². The molecule has 5 N–H and O–H groups in total. The summed E-state index contributed by atoms with van der Waals surface area (Å²) in [4.78, 5) is 30.6. The third-order valence-corrected chi connectivity index (χ3v) is 4.89. The topological polar surface area (TPSA) is 143 Å². The van der Waals surface area contributed by atoms with Crippen molar-refractivity contribution in [3.63, 3.8) is 0 Å². The number of Topliss-reactive ketones (excluding diaryl/α,β-unsaturated/α-hetero) is 1. The van der Waals surface area contributed by atoms with Crippen molar-refractivity contribution < 1.29 is 29.7 Å². The molecule has 0 amide bonds. The number of carboxylic acid groups (broad SMARTS) is 2. The molecule has 8 heteroatoms. The van der Waals surface area contributed by atoms with Gasteiger partial charge in [0.25, 0.3) is 0 Å². The first-order chi connectivity index (χ1) is 14.6. The van der Waals surface area contributed by atoms with Gasteiger partial charge < -0.3 is 25.6 Å². The Morgan fingerprint density at radius 2 is 1.65 bits per heavy atom. The molecule has 2 rings (SSSR count). The molecule has 8 nitrogen and oxygen atoms in total. The zero-order valence-corrected chi connectivity index (χ0v) is 18.1. The molecule has 1 aromatic heterocycles. The Morgan fingerprint density at radius 1 is 1.03 bits per heavy atom. The molecule has 31 heavy (non-hydrogen) atoms. The van der Waals surface area contributed by atoms with Gasteiger partial charge in [-0.1, -0.05) is 30.3 Å². The monoisotopic (exact) mass is 432 g/mol. The maximum absolute atomic E-state index is 12.4. The van der Waals surface area contributed by atoms with Crippen LogP contribution in [0.3, 0.4) is 0 Å². The Labute approximate surface area is 182 Å². The van der Waals surface area contributed by atoms with Gasteiger partial charge in [0, 0.05) is 36.5 Å². The van der Waals surface area contributed by atoms with E-state index in [0.717, 1.165) is 36.9 Å². The largest absolute Gasteiger partial charge is 0.473 e. The molecule has 0 fully saturated rings. The minimum absolute atomic E-state index is 0.0371. The lowest BCUT2D eigenvalue weighted by Crippen LogP contribution is -2.40. The van der Waals surface area contributed by atoms with Crippen LogP contribution < -0.4 is 5.73 Å². The summed E-state index contributed by atoms with van der Waals surface area (Å²) in [6.07, 6.45) is 6.88. The number of unbranched alkanes of at least 4 members (excludes halogenated alkanes) is 1. The highest BCUT2D eigenvalue weighted by atomic mass is 16.4. The number of aryl methyl sites for hydroxylation is 3. The fourth-order valence-corrected chi connectivity index (χ4v) is 2.91. The number of rotatable bonds is 10. The van der Waals surface area contributed by atoms with Crippen LogP contribution in [0.2, 0.25) is 0 Å². The smallest absolute Gasteiger partial charge is 0.414 e. The summed E-state index contributed by atoms with van der Waals surface area (Å²) in [6, 6.07) is 12.3. The molecule has 0 saturated carbocycles. The highest BCUT2D eigenvalue weighted by Gasteiger charge is 2.18. The Hall–Kier alpha value is -2.97. The lowest BCUT2D eigenvalue weighted by atomic mass is 9.97. The maximum Gasteiger partial charge on any atom is 0.414 e. The van der Waals surface area contributed by atoms with E-state index in [2.05, 4.69) is 24.3 Å². The van der Waals surface area contributed by atoms with E-state index in [-0.39, 0.29) is 12.4 Å². The first kappa shape index (κ1) is 26.1. The second-order valence-electron chi connectivity index (χ2n) is 7.87. The molecular weight excluding hydrogens is 400 g/mol. The lowest BCUT2D eigenvalue weighted by Gasteiger charge is -2.21. The number of aliphatic hydroxyl groups is 1. The SMILES string of the molecule is Cn1cc(C(=O)CCCCc2ccccc2)cc1CC[C@@](C)(N)CO.O=C(O)C(=O)O. The van der Waals surface area contributed by atoms with Crippen LogP contribution in [0.15, 0.2) is 42.6 Å². The van der Waals surface area contributed by atoms with Gasteiger partial charge in [0.1, 0.15) is 0 Å². The molecular formula is C23H32N2O6. The normalized spacial score (nSPS) is 12.4. The molecule has 0 radical (unpaired) electrons. The van der Waals surface area contributed by atoms with E-state index in [0.29, 0.717) is 12.8 Å². The summed E-state index contributed by atoms with van der Waals surface area (Å²) in [6.45, 7) is 1.80. The summed E-state index contributed by atoms with van der Waals surface area (Å²) in [5.74, 6) is -3.45. The maximum atomic E-state index is 12.4.